The van der Waals surface area contributed by atoms with Gasteiger partial charge in [0.15, 0.2) is 5.69 Å². The maximum atomic E-state index is 13.0. The molecule has 0 saturated carbocycles. The summed E-state index contributed by atoms with van der Waals surface area (Å²) in [6.07, 6.45) is -4.39. The molecule has 4 rings (SSSR count). The summed E-state index contributed by atoms with van der Waals surface area (Å²) >= 11 is 0. The zero-order chi connectivity index (χ0) is 22.9. The maximum absolute atomic E-state index is 13.0. The first-order chi connectivity index (χ1) is 15.3. The molecule has 10 heteroatoms. The lowest BCUT2D eigenvalue weighted by Crippen LogP contribution is -2.48. The SMILES string of the molecule is CNC(=O)c1nn(CN2CCN(c3cccc(C(F)(F)F)c3)CC2)c(=O)c2ccccc12. The number of anilines is 1. The number of hydrogen-bond acceptors (Lipinski definition) is 5. The van der Waals surface area contributed by atoms with Crippen molar-refractivity contribution in [3.63, 3.8) is 0 Å². The first kappa shape index (κ1) is 21.8. The van der Waals surface area contributed by atoms with Gasteiger partial charge >= 0.3 is 6.18 Å². The molecule has 32 heavy (non-hydrogen) atoms. The van der Waals surface area contributed by atoms with Crippen LogP contribution >= 0.6 is 0 Å². The van der Waals surface area contributed by atoms with Crippen LogP contribution in [-0.2, 0) is 12.8 Å². The Morgan fingerprint density at radius 3 is 2.38 bits per heavy atom. The van der Waals surface area contributed by atoms with Crippen molar-refractivity contribution in [2.75, 3.05) is 38.1 Å². The van der Waals surface area contributed by atoms with Crippen LogP contribution in [0.15, 0.2) is 53.3 Å². The minimum absolute atomic E-state index is 0.172. The molecule has 7 nitrogen and oxygen atoms in total. The van der Waals surface area contributed by atoms with E-state index in [0.717, 1.165) is 12.1 Å². The van der Waals surface area contributed by atoms with Gasteiger partial charge in [-0.15, -0.1) is 0 Å². The summed E-state index contributed by atoms with van der Waals surface area (Å²) in [5, 5.41) is 7.73. The molecule has 0 aliphatic carbocycles. The van der Waals surface area contributed by atoms with E-state index in [1.165, 1.54) is 17.8 Å². The Morgan fingerprint density at radius 2 is 1.72 bits per heavy atom. The molecule has 1 aromatic heterocycles. The van der Waals surface area contributed by atoms with Gasteiger partial charge in [0.1, 0.15) is 0 Å². The van der Waals surface area contributed by atoms with Gasteiger partial charge in [-0.05, 0) is 24.3 Å². The topological polar surface area (TPSA) is 70.5 Å². The highest BCUT2D eigenvalue weighted by molar-refractivity contribution is 6.04. The standard InChI is InChI=1S/C22H22F3N5O2/c1-26-20(31)19-17-7-2-3-8-18(17)21(32)30(27-19)14-28-9-11-29(12-10-28)16-6-4-5-15(13-16)22(23,24)25/h2-8,13H,9-12,14H2,1H3,(H,26,31). The second-order valence-corrected chi connectivity index (χ2v) is 7.57. The molecule has 0 unspecified atom stereocenters. The number of piperazine rings is 1. The van der Waals surface area contributed by atoms with Crippen molar-refractivity contribution in [3.8, 4) is 0 Å². The van der Waals surface area contributed by atoms with E-state index in [-0.39, 0.29) is 23.8 Å². The summed E-state index contributed by atoms with van der Waals surface area (Å²) < 4.78 is 40.3. The Hall–Kier alpha value is -3.40. The fourth-order valence-corrected chi connectivity index (χ4v) is 3.83. The number of carbonyl (C=O) groups excluding carboxylic acids is 1. The van der Waals surface area contributed by atoms with Gasteiger partial charge in [0.25, 0.3) is 11.5 Å². The van der Waals surface area contributed by atoms with Crippen molar-refractivity contribution in [3.05, 3.63) is 70.1 Å². The van der Waals surface area contributed by atoms with E-state index in [1.54, 1.807) is 30.3 Å². The third-order valence-electron chi connectivity index (χ3n) is 5.55. The van der Waals surface area contributed by atoms with Crippen molar-refractivity contribution in [2.24, 2.45) is 0 Å². The van der Waals surface area contributed by atoms with Crippen LogP contribution in [0.4, 0.5) is 18.9 Å². The number of hydrogen-bond donors (Lipinski definition) is 1. The summed E-state index contributed by atoms with van der Waals surface area (Å²) in [7, 11) is 1.50. The third-order valence-corrected chi connectivity index (χ3v) is 5.55. The number of aromatic nitrogens is 2. The highest BCUT2D eigenvalue weighted by Crippen LogP contribution is 2.31. The van der Waals surface area contributed by atoms with Crippen molar-refractivity contribution in [1.29, 1.82) is 0 Å². The summed E-state index contributed by atoms with van der Waals surface area (Å²) in [4.78, 5) is 29.1. The minimum atomic E-state index is -4.39. The van der Waals surface area contributed by atoms with Gasteiger partial charge in [-0.2, -0.15) is 18.3 Å². The Kier molecular flexibility index (Phi) is 5.88. The van der Waals surface area contributed by atoms with Crippen LogP contribution in [0.3, 0.4) is 0 Å². The van der Waals surface area contributed by atoms with Crippen molar-refractivity contribution >= 4 is 22.4 Å². The first-order valence-electron chi connectivity index (χ1n) is 10.1. The van der Waals surface area contributed by atoms with E-state index in [2.05, 4.69) is 10.4 Å². The average Bonchev–Trinajstić information content (AvgIpc) is 2.80. The molecule has 3 aromatic rings. The van der Waals surface area contributed by atoms with E-state index in [1.807, 2.05) is 9.80 Å². The van der Waals surface area contributed by atoms with Gasteiger partial charge in [0, 0.05) is 44.3 Å². The minimum Gasteiger partial charge on any atom is -0.369 e. The molecule has 0 bridgehead atoms. The monoisotopic (exact) mass is 445 g/mol. The molecule has 0 atom stereocenters. The number of benzene rings is 2. The second kappa shape index (κ2) is 8.62. The summed E-state index contributed by atoms with van der Waals surface area (Å²) in [6, 6.07) is 12.1. The number of alkyl halides is 3. The molecule has 1 aliphatic rings. The van der Waals surface area contributed by atoms with Gasteiger partial charge in [-0.25, -0.2) is 4.68 Å². The number of carbonyl (C=O) groups is 1. The quantitative estimate of drug-likeness (QED) is 0.669. The molecule has 168 valence electrons. The Bertz CT molecular complexity index is 1200. The molecule has 1 N–H and O–H groups in total. The van der Waals surface area contributed by atoms with Crippen LogP contribution in [0.1, 0.15) is 16.1 Å². The molecule has 1 saturated heterocycles. The number of halogens is 3. The van der Waals surface area contributed by atoms with Gasteiger partial charge in [0.05, 0.1) is 17.6 Å². The van der Waals surface area contributed by atoms with E-state index in [0.29, 0.717) is 42.6 Å². The number of nitrogens with one attached hydrogen (secondary N) is 1. The highest BCUT2D eigenvalue weighted by atomic mass is 19.4. The maximum Gasteiger partial charge on any atom is 0.416 e. The predicted octanol–water partition coefficient (Wildman–Crippen LogP) is 2.55. The van der Waals surface area contributed by atoms with Crippen LogP contribution < -0.4 is 15.8 Å². The second-order valence-electron chi connectivity index (χ2n) is 7.57. The molecule has 2 aromatic carbocycles. The number of fused-ring (bicyclic) bond motifs is 1. The van der Waals surface area contributed by atoms with E-state index in [4.69, 9.17) is 0 Å². The van der Waals surface area contributed by atoms with Crippen molar-refractivity contribution in [2.45, 2.75) is 12.8 Å². The predicted molar refractivity (Wildman–Crippen MR) is 115 cm³/mol. The fourth-order valence-electron chi connectivity index (χ4n) is 3.83. The average molecular weight is 445 g/mol. The van der Waals surface area contributed by atoms with E-state index < -0.39 is 11.7 Å². The van der Waals surface area contributed by atoms with Gasteiger partial charge in [-0.3, -0.25) is 14.5 Å². The summed E-state index contributed by atoms with van der Waals surface area (Å²) in [6.45, 7) is 2.26. The number of amides is 1. The number of nitrogens with zero attached hydrogens (tertiary/aromatic N) is 4. The van der Waals surface area contributed by atoms with E-state index in [9.17, 15) is 22.8 Å². The number of rotatable bonds is 4. The zero-order valence-corrected chi connectivity index (χ0v) is 17.4. The third kappa shape index (κ3) is 4.31. The molecule has 1 aliphatic heterocycles. The Morgan fingerprint density at radius 1 is 1.03 bits per heavy atom. The van der Waals surface area contributed by atoms with Crippen LogP contribution in [0.5, 0.6) is 0 Å². The van der Waals surface area contributed by atoms with Gasteiger partial charge < -0.3 is 10.2 Å². The Balaban J connectivity index is 1.52. The smallest absolute Gasteiger partial charge is 0.369 e. The fraction of sp³-hybridized carbons (Fsp3) is 0.318. The molecular weight excluding hydrogens is 423 g/mol. The lowest BCUT2D eigenvalue weighted by Gasteiger charge is -2.36. The molecular formula is C22H22F3N5O2. The van der Waals surface area contributed by atoms with Crippen LogP contribution in [0.2, 0.25) is 0 Å². The lowest BCUT2D eigenvalue weighted by molar-refractivity contribution is -0.137. The molecule has 2 heterocycles. The zero-order valence-electron chi connectivity index (χ0n) is 17.4. The normalized spacial score (nSPS) is 15.2. The largest absolute Gasteiger partial charge is 0.416 e. The first-order valence-corrected chi connectivity index (χ1v) is 10.1. The van der Waals surface area contributed by atoms with Crippen molar-refractivity contribution < 1.29 is 18.0 Å². The lowest BCUT2D eigenvalue weighted by atomic mass is 10.1. The highest BCUT2D eigenvalue weighted by Gasteiger charge is 2.31. The van der Waals surface area contributed by atoms with Crippen molar-refractivity contribution in [1.82, 2.24) is 20.0 Å². The molecule has 0 spiro atoms. The molecule has 1 amide bonds. The summed E-state index contributed by atoms with van der Waals surface area (Å²) in [5.41, 5.74) is -0.285. The summed E-state index contributed by atoms with van der Waals surface area (Å²) in [5.74, 6) is -0.385. The van der Waals surface area contributed by atoms with Crippen LogP contribution in [0, 0.1) is 0 Å². The molecule has 0 radical (unpaired) electrons. The van der Waals surface area contributed by atoms with Crippen LogP contribution in [0.25, 0.3) is 10.8 Å². The van der Waals surface area contributed by atoms with Crippen LogP contribution in [-0.4, -0.2) is 53.8 Å². The van der Waals surface area contributed by atoms with E-state index >= 15 is 0 Å². The van der Waals surface area contributed by atoms with Gasteiger partial charge in [-0.1, -0.05) is 24.3 Å². The van der Waals surface area contributed by atoms with Gasteiger partial charge in [0.2, 0.25) is 0 Å². The molecule has 1 fully saturated rings. The Labute approximate surface area is 182 Å².